The van der Waals surface area contributed by atoms with E-state index < -0.39 is 69.9 Å². The Labute approximate surface area is 226 Å². The molecule has 14 heteroatoms. The van der Waals surface area contributed by atoms with Crippen molar-refractivity contribution in [3.05, 3.63) is 92.8 Å². The third-order valence-corrected chi connectivity index (χ3v) is 7.24. The average molecular weight is 588 g/mol. The number of hydrogen-bond acceptors (Lipinski definition) is 4. The Balaban J connectivity index is 1.35. The molecule has 0 aliphatic carbocycles. The number of amides is 2. The normalized spacial score (nSPS) is 18.6. The van der Waals surface area contributed by atoms with Crippen LogP contribution >= 0.6 is 11.6 Å². The minimum absolute atomic E-state index is 0.0159. The van der Waals surface area contributed by atoms with E-state index in [-0.39, 0.29) is 47.0 Å². The monoisotopic (exact) mass is 587 g/mol. The molecule has 1 atom stereocenters. The van der Waals surface area contributed by atoms with Gasteiger partial charge >= 0.3 is 6.09 Å². The molecule has 6 nitrogen and oxygen atoms in total. The van der Waals surface area contributed by atoms with Crippen LogP contribution in [0.15, 0.2) is 30.3 Å². The van der Waals surface area contributed by atoms with Crippen molar-refractivity contribution in [3.63, 3.8) is 0 Å². The van der Waals surface area contributed by atoms with Crippen LogP contribution in [-0.4, -0.2) is 42.6 Å². The van der Waals surface area contributed by atoms with Gasteiger partial charge in [0.05, 0.1) is 16.8 Å². The first-order valence-corrected chi connectivity index (χ1v) is 12.0. The summed E-state index contributed by atoms with van der Waals surface area (Å²) in [6.45, 7) is 1.04. The maximum absolute atomic E-state index is 15.9. The predicted molar refractivity (Wildman–Crippen MR) is 128 cm³/mol. The van der Waals surface area contributed by atoms with E-state index >= 15 is 4.39 Å². The molecule has 210 valence electrons. The van der Waals surface area contributed by atoms with Gasteiger partial charge in [0.25, 0.3) is 5.91 Å². The molecule has 0 aromatic heterocycles. The van der Waals surface area contributed by atoms with Crippen LogP contribution in [0.4, 0.5) is 41.2 Å². The van der Waals surface area contributed by atoms with Crippen LogP contribution in [0.5, 0.6) is 5.75 Å². The van der Waals surface area contributed by atoms with Crippen molar-refractivity contribution in [1.82, 2.24) is 10.2 Å². The molecule has 5 rings (SSSR count). The zero-order valence-electron chi connectivity index (χ0n) is 20.3. The Hall–Kier alpha value is -4.00. The first-order chi connectivity index (χ1) is 18.8. The number of rotatable bonds is 4. The highest BCUT2D eigenvalue weighted by atomic mass is 35.5. The molecule has 2 heterocycles. The van der Waals surface area contributed by atoms with Crippen molar-refractivity contribution in [2.24, 2.45) is 0 Å². The summed E-state index contributed by atoms with van der Waals surface area (Å²) in [6.07, 6.45) is -1.40. The van der Waals surface area contributed by atoms with E-state index in [1.807, 2.05) is 0 Å². The summed E-state index contributed by atoms with van der Waals surface area (Å²) in [5.41, 5.74) is -1.46. The lowest BCUT2D eigenvalue weighted by molar-refractivity contribution is 0.0930. The number of carbonyl (C=O) groups is 2. The third kappa shape index (κ3) is 4.28. The van der Waals surface area contributed by atoms with Crippen molar-refractivity contribution < 1.29 is 45.1 Å². The molecule has 0 saturated carbocycles. The minimum atomic E-state index is -2.40. The maximum atomic E-state index is 15.9. The lowest BCUT2D eigenvalue weighted by Crippen LogP contribution is -2.58. The molecular weight excluding hydrogens is 571 g/mol. The SMILES string of the molecule is CC1(c2cccc(Cl)c2F)CNC(=O)c2ccc(NC3CN(C(=O)Oc4c(F)c(F)c(F)c(F)c4F)C3)c(F)c21. The van der Waals surface area contributed by atoms with Crippen molar-refractivity contribution in [1.29, 1.82) is 0 Å². The van der Waals surface area contributed by atoms with Gasteiger partial charge in [-0.3, -0.25) is 4.79 Å². The van der Waals surface area contributed by atoms with Crippen molar-refractivity contribution in [2.75, 3.05) is 25.0 Å². The molecule has 40 heavy (non-hydrogen) atoms. The van der Waals surface area contributed by atoms with Gasteiger partial charge in [-0.05, 0) is 25.1 Å². The van der Waals surface area contributed by atoms with Gasteiger partial charge in [-0.15, -0.1) is 0 Å². The summed E-state index contributed by atoms with van der Waals surface area (Å²) in [5.74, 6) is -15.5. The Morgan fingerprint density at radius 3 is 2.23 bits per heavy atom. The summed E-state index contributed by atoms with van der Waals surface area (Å²) in [7, 11) is 0. The van der Waals surface area contributed by atoms with Gasteiger partial charge in [0, 0.05) is 41.7 Å². The number of nitrogens with one attached hydrogen (secondary N) is 2. The topological polar surface area (TPSA) is 70.7 Å². The summed E-state index contributed by atoms with van der Waals surface area (Å²) >= 11 is 5.94. The fraction of sp³-hybridized carbons (Fsp3) is 0.231. The Kier molecular flexibility index (Phi) is 6.81. The second-order valence-electron chi connectivity index (χ2n) is 9.48. The van der Waals surface area contributed by atoms with E-state index in [0.29, 0.717) is 0 Å². The number of fused-ring (bicyclic) bond motifs is 1. The van der Waals surface area contributed by atoms with Gasteiger partial charge in [0.15, 0.2) is 5.82 Å². The Morgan fingerprint density at radius 2 is 1.57 bits per heavy atom. The summed E-state index contributed by atoms with van der Waals surface area (Å²) in [5, 5.41) is 5.27. The molecule has 0 spiro atoms. The third-order valence-electron chi connectivity index (χ3n) is 6.95. The fourth-order valence-electron chi connectivity index (χ4n) is 4.78. The Morgan fingerprint density at radius 1 is 0.950 bits per heavy atom. The second kappa shape index (κ2) is 9.88. The van der Waals surface area contributed by atoms with Crippen molar-refractivity contribution in [2.45, 2.75) is 18.4 Å². The minimum Gasteiger partial charge on any atom is -0.404 e. The molecule has 1 unspecified atom stereocenters. The van der Waals surface area contributed by atoms with Crippen LogP contribution in [0.25, 0.3) is 0 Å². The van der Waals surface area contributed by atoms with E-state index in [1.54, 1.807) is 6.92 Å². The highest BCUT2D eigenvalue weighted by molar-refractivity contribution is 6.30. The summed E-state index contributed by atoms with van der Waals surface area (Å²) in [4.78, 5) is 25.6. The largest absolute Gasteiger partial charge is 0.415 e. The van der Waals surface area contributed by atoms with Gasteiger partial charge in [-0.2, -0.15) is 8.78 Å². The molecule has 2 N–H and O–H groups in total. The van der Waals surface area contributed by atoms with Gasteiger partial charge < -0.3 is 20.3 Å². The summed E-state index contributed by atoms with van der Waals surface area (Å²) in [6, 6.07) is 6.27. The molecule has 1 saturated heterocycles. The maximum Gasteiger partial charge on any atom is 0.415 e. The molecule has 0 radical (unpaired) electrons. The zero-order valence-corrected chi connectivity index (χ0v) is 21.0. The van der Waals surface area contributed by atoms with Crippen LogP contribution in [0, 0.1) is 40.7 Å². The quantitative estimate of drug-likeness (QED) is 0.235. The van der Waals surface area contributed by atoms with E-state index in [2.05, 4.69) is 15.4 Å². The second-order valence-corrected chi connectivity index (χ2v) is 9.89. The molecular formula is C26H17ClF7N3O3. The Bertz CT molecular complexity index is 1550. The lowest BCUT2D eigenvalue weighted by Gasteiger charge is -2.40. The number of benzene rings is 3. The van der Waals surface area contributed by atoms with Gasteiger partial charge in [-0.1, -0.05) is 23.7 Å². The average Bonchev–Trinajstić information content (AvgIpc) is 2.90. The van der Waals surface area contributed by atoms with Crippen LogP contribution < -0.4 is 15.4 Å². The van der Waals surface area contributed by atoms with Crippen LogP contribution in [0.3, 0.4) is 0 Å². The van der Waals surface area contributed by atoms with E-state index in [1.165, 1.54) is 30.3 Å². The molecule has 3 aromatic carbocycles. The fourth-order valence-corrected chi connectivity index (χ4v) is 4.96. The highest BCUT2D eigenvalue weighted by Gasteiger charge is 2.43. The number of carbonyl (C=O) groups excluding carboxylic acids is 2. The standard InChI is InChI=1S/C26H17ClF7N3O3/c1-26(12-3-2-4-13(27)16(12)28)9-35-24(38)11-5-6-14(17(29)15(11)26)36-10-7-37(8-10)25(39)40-23-21(33)19(31)18(30)20(32)22(23)34/h2-6,10,36H,7-9H2,1H3,(H,35,38). The number of ether oxygens (including phenoxy) is 1. The first-order valence-electron chi connectivity index (χ1n) is 11.7. The van der Waals surface area contributed by atoms with Gasteiger partial charge in [0.2, 0.25) is 34.8 Å². The highest BCUT2D eigenvalue weighted by Crippen LogP contribution is 2.42. The van der Waals surface area contributed by atoms with Crippen LogP contribution in [-0.2, 0) is 5.41 Å². The smallest absolute Gasteiger partial charge is 0.404 e. The molecule has 0 bridgehead atoms. The van der Waals surface area contributed by atoms with Crippen molar-refractivity contribution in [3.8, 4) is 5.75 Å². The zero-order chi connectivity index (χ0) is 29.1. The van der Waals surface area contributed by atoms with E-state index in [9.17, 15) is 35.9 Å². The van der Waals surface area contributed by atoms with Gasteiger partial charge in [0.1, 0.15) is 5.82 Å². The molecule has 2 amide bonds. The number of likely N-dealkylation sites (tertiary alicyclic amines) is 1. The number of halogens is 8. The molecule has 2 aliphatic heterocycles. The number of nitrogens with zero attached hydrogens (tertiary/aromatic N) is 1. The van der Waals surface area contributed by atoms with Crippen LogP contribution in [0.2, 0.25) is 5.02 Å². The van der Waals surface area contributed by atoms with E-state index in [4.69, 9.17) is 11.6 Å². The van der Waals surface area contributed by atoms with Crippen LogP contribution in [0.1, 0.15) is 28.4 Å². The summed E-state index contributed by atoms with van der Waals surface area (Å²) < 4.78 is 103. The van der Waals surface area contributed by atoms with Crippen molar-refractivity contribution >= 4 is 29.3 Å². The number of anilines is 1. The molecule has 2 aliphatic rings. The van der Waals surface area contributed by atoms with Gasteiger partial charge in [-0.25, -0.2) is 26.7 Å². The molecule has 1 fully saturated rings. The first kappa shape index (κ1) is 27.6. The van der Waals surface area contributed by atoms with E-state index in [0.717, 1.165) is 4.90 Å². The lowest BCUT2D eigenvalue weighted by atomic mass is 9.71. The molecule has 3 aromatic rings. The number of hydrogen-bond donors (Lipinski definition) is 2. The predicted octanol–water partition coefficient (Wildman–Crippen LogP) is 5.66.